The first-order chi connectivity index (χ1) is 3.43. The molecule has 7 heavy (non-hydrogen) atoms. The molecule has 1 rings (SSSR count). The van der Waals surface area contributed by atoms with Gasteiger partial charge in [0.2, 0.25) is 0 Å². The predicted octanol–water partition coefficient (Wildman–Crippen LogP) is 1.06. The normalized spacial score (nSPS) is 17.0. The van der Waals surface area contributed by atoms with Crippen LogP contribution < -0.4 is 5.73 Å². The fraction of sp³-hybridized carbons (Fsp3) is 0.667. The molecular formula is C6H11N. The van der Waals surface area contributed by atoms with Gasteiger partial charge in [0.05, 0.1) is 0 Å². The molecule has 1 fully saturated rings. The lowest BCUT2D eigenvalue weighted by Gasteiger charge is -1.78. The van der Waals surface area contributed by atoms with Crippen molar-refractivity contribution in [2.24, 2.45) is 5.73 Å². The summed E-state index contributed by atoms with van der Waals surface area (Å²) < 4.78 is 0. The molecule has 40 valence electrons. The summed E-state index contributed by atoms with van der Waals surface area (Å²) in [5, 5.41) is 0. The fourth-order valence-electron chi connectivity index (χ4n) is 0.564. The lowest BCUT2D eigenvalue weighted by atomic mass is 10.4. The first kappa shape index (κ1) is 4.85. The number of nitrogens with two attached hydrogens (primary N) is 1. The molecule has 0 atom stereocenters. The van der Waals surface area contributed by atoms with E-state index in [1.54, 1.807) is 5.57 Å². The fourth-order valence-corrected chi connectivity index (χ4v) is 0.564. The second kappa shape index (κ2) is 2.12. The molecule has 0 aliphatic heterocycles. The van der Waals surface area contributed by atoms with E-state index in [9.17, 15) is 0 Å². The molecule has 0 spiro atoms. The van der Waals surface area contributed by atoms with Gasteiger partial charge in [0.15, 0.2) is 0 Å². The molecular weight excluding hydrogens is 86.1 g/mol. The molecule has 0 saturated heterocycles. The minimum Gasteiger partial charge on any atom is -0.330 e. The van der Waals surface area contributed by atoms with Crippen molar-refractivity contribution >= 4 is 0 Å². The molecule has 0 radical (unpaired) electrons. The van der Waals surface area contributed by atoms with Gasteiger partial charge in [0, 0.05) is 0 Å². The van der Waals surface area contributed by atoms with Crippen molar-refractivity contribution in [1.82, 2.24) is 0 Å². The second-order valence-electron chi connectivity index (χ2n) is 1.94. The van der Waals surface area contributed by atoms with Crippen molar-refractivity contribution in [3.8, 4) is 0 Å². The van der Waals surface area contributed by atoms with Crippen LogP contribution in [-0.2, 0) is 0 Å². The third-order valence-corrected chi connectivity index (χ3v) is 1.14. The van der Waals surface area contributed by atoms with E-state index in [1.165, 1.54) is 12.8 Å². The molecule has 0 aromatic heterocycles. The highest BCUT2D eigenvalue weighted by molar-refractivity contribution is 5.15. The van der Waals surface area contributed by atoms with Gasteiger partial charge in [-0.1, -0.05) is 11.6 Å². The maximum absolute atomic E-state index is 5.26. The van der Waals surface area contributed by atoms with E-state index >= 15 is 0 Å². The minimum absolute atomic E-state index is 0.809. The number of hydrogen-bond acceptors (Lipinski definition) is 1. The molecule has 1 saturated carbocycles. The van der Waals surface area contributed by atoms with Crippen molar-refractivity contribution in [2.45, 2.75) is 19.3 Å². The highest BCUT2D eigenvalue weighted by Gasteiger charge is 2.08. The molecule has 1 nitrogen and oxygen atoms in total. The van der Waals surface area contributed by atoms with Crippen molar-refractivity contribution < 1.29 is 0 Å². The van der Waals surface area contributed by atoms with Crippen LogP contribution in [-0.4, -0.2) is 6.54 Å². The van der Waals surface area contributed by atoms with Crippen molar-refractivity contribution in [3.63, 3.8) is 0 Å². The highest BCUT2D eigenvalue weighted by atomic mass is 14.5. The van der Waals surface area contributed by atoms with Crippen LogP contribution in [0.25, 0.3) is 0 Å². The van der Waals surface area contributed by atoms with Gasteiger partial charge < -0.3 is 5.73 Å². The Bertz CT molecular complexity index is 78.2. The molecule has 2 N–H and O–H groups in total. The van der Waals surface area contributed by atoms with E-state index in [-0.39, 0.29) is 0 Å². The van der Waals surface area contributed by atoms with Crippen molar-refractivity contribution in [2.75, 3.05) is 6.54 Å². The summed E-state index contributed by atoms with van der Waals surface area (Å²) >= 11 is 0. The van der Waals surface area contributed by atoms with E-state index in [2.05, 4.69) is 6.08 Å². The van der Waals surface area contributed by atoms with E-state index in [4.69, 9.17) is 5.73 Å². The first-order valence-corrected chi connectivity index (χ1v) is 2.81. The predicted molar refractivity (Wildman–Crippen MR) is 31.0 cm³/mol. The van der Waals surface area contributed by atoms with Gasteiger partial charge in [-0.05, 0) is 25.8 Å². The van der Waals surface area contributed by atoms with Crippen LogP contribution in [0.15, 0.2) is 11.6 Å². The average molecular weight is 97.2 g/mol. The van der Waals surface area contributed by atoms with E-state index in [1.807, 2.05) is 0 Å². The van der Waals surface area contributed by atoms with Gasteiger partial charge in [0.1, 0.15) is 0 Å². The Kier molecular flexibility index (Phi) is 1.47. The standard InChI is InChI=1S/C6H11N/c7-5-1-2-6-3-4-6/h2H,1,3-5,7H2. The third kappa shape index (κ3) is 1.74. The second-order valence-corrected chi connectivity index (χ2v) is 1.94. The molecule has 0 aromatic rings. The van der Waals surface area contributed by atoms with Crippen LogP contribution in [0.3, 0.4) is 0 Å². The molecule has 1 aliphatic rings. The minimum atomic E-state index is 0.809. The zero-order valence-electron chi connectivity index (χ0n) is 4.48. The Labute approximate surface area is 44.2 Å². The smallest absolute Gasteiger partial charge is 0.00425 e. The Morgan fingerprint density at radius 2 is 2.29 bits per heavy atom. The largest absolute Gasteiger partial charge is 0.330 e. The summed E-state index contributed by atoms with van der Waals surface area (Å²) in [5.41, 5.74) is 6.86. The number of hydrogen-bond donors (Lipinski definition) is 1. The summed E-state index contributed by atoms with van der Waals surface area (Å²) in [4.78, 5) is 0. The lowest BCUT2D eigenvalue weighted by Crippen LogP contribution is -1.94. The highest BCUT2D eigenvalue weighted by Crippen LogP contribution is 2.27. The summed E-state index contributed by atoms with van der Waals surface area (Å²) in [6.07, 6.45) is 6.00. The number of allylic oxidation sites excluding steroid dienone is 1. The van der Waals surface area contributed by atoms with Crippen LogP contribution in [0.1, 0.15) is 19.3 Å². The van der Waals surface area contributed by atoms with Crippen LogP contribution in [0, 0.1) is 0 Å². The number of rotatable bonds is 2. The molecule has 1 heteroatoms. The lowest BCUT2D eigenvalue weighted by molar-refractivity contribution is 1.00. The van der Waals surface area contributed by atoms with Gasteiger partial charge in [0.25, 0.3) is 0 Å². The van der Waals surface area contributed by atoms with Gasteiger partial charge in [-0.2, -0.15) is 0 Å². The summed E-state index contributed by atoms with van der Waals surface area (Å²) in [7, 11) is 0. The molecule has 0 heterocycles. The van der Waals surface area contributed by atoms with E-state index in [0.717, 1.165) is 13.0 Å². The molecule has 1 aliphatic carbocycles. The van der Waals surface area contributed by atoms with E-state index in [0.29, 0.717) is 0 Å². The molecule has 0 amide bonds. The molecule has 0 aromatic carbocycles. The van der Waals surface area contributed by atoms with E-state index < -0.39 is 0 Å². The maximum atomic E-state index is 5.26. The van der Waals surface area contributed by atoms with Gasteiger partial charge >= 0.3 is 0 Å². The van der Waals surface area contributed by atoms with Crippen molar-refractivity contribution in [3.05, 3.63) is 11.6 Å². The Morgan fingerprint density at radius 1 is 1.57 bits per heavy atom. The quantitative estimate of drug-likeness (QED) is 0.512. The third-order valence-electron chi connectivity index (χ3n) is 1.14. The maximum Gasteiger partial charge on any atom is -0.00425 e. The Balaban J connectivity index is 2.07. The van der Waals surface area contributed by atoms with Crippen LogP contribution in [0.5, 0.6) is 0 Å². The SMILES string of the molecule is NCCC=C1CC1. The Hall–Kier alpha value is -0.300. The zero-order valence-corrected chi connectivity index (χ0v) is 4.48. The van der Waals surface area contributed by atoms with Crippen molar-refractivity contribution in [1.29, 1.82) is 0 Å². The zero-order chi connectivity index (χ0) is 5.11. The summed E-state index contributed by atoms with van der Waals surface area (Å²) in [6, 6.07) is 0. The molecule has 0 unspecified atom stereocenters. The van der Waals surface area contributed by atoms with Crippen LogP contribution in [0.2, 0.25) is 0 Å². The Morgan fingerprint density at radius 3 is 2.71 bits per heavy atom. The van der Waals surface area contributed by atoms with Gasteiger partial charge in [-0.15, -0.1) is 0 Å². The molecule has 0 bridgehead atoms. The topological polar surface area (TPSA) is 26.0 Å². The average Bonchev–Trinajstić information content (AvgIpc) is 2.42. The summed E-state index contributed by atoms with van der Waals surface area (Å²) in [5.74, 6) is 0. The monoisotopic (exact) mass is 97.1 g/mol. The first-order valence-electron chi connectivity index (χ1n) is 2.81. The van der Waals surface area contributed by atoms with Gasteiger partial charge in [-0.3, -0.25) is 0 Å². The summed E-state index contributed by atoms with van der Waals surface area (Å²) in [6.45, 7) is 0.809. The van der Waals surface area contributed by atoms with Crippen LogP contribution >= 0.6 is 0 Å². The van der Waals surface area contributed by atoms with Gasteiger partial charge in [-0.25, -0.2) is 0 Å². The van der Waals surface area contributed by atoms with Crippen LogP contribution in [0.4, 0.5) is 0 Å².